The Hall–Kier alpha value is -4.61. The predicted octanol–water partition coefficient (Wildman–Crippen LogP) is 6.25. The number of carboxylic acids is 1. The van der Waals surface area contributed by atoms with Crippen LogP contribution in [0.1, 0.15) is 127 Å². The number of carbonyl (C=O) groups excluding carboxylic acids is 6. The molecule has 0 radical (unpaired) electrons. The van der Waals surface area contributed by atoms with Crippen LogP contribution in [-0.2, 0) is 35.2 Å². The summed E-state index contributed by atoms with van der Waals surface area (Å²) >= 11 is 0. The molecule has 7 atom stereocenters. The van der Waals surface area contributed by atoms with Crippen molar-refractivity contribution in [3.05, 3.63) is 60.2 Å². The van der Waals surface area contributed by atoms with Crippen LogP contribution in [0.3, 0.4) is 0 Å². The molecule has 12 heteroatoms. The normalized spacial score (nSPS) is 21.8. The molecule has 57 heavy (non-hydrogen) atoms. The fourth-order valence-corrected chi connectivity index (χ4v) is 9.50. The van der Waals surface area contributed by atoms with Crippen LogP contribution in [0.2, 0.25) is 0 Å². The number of ketones is 4. The highest BCUT2D eigenvalue weighted by Gasteiger charge is 2.52. The summed E-state index contributed by atoms with van der Waals surface area (Å²) in [7, 11) is 0. The standard InChI is InChI=1S/C45H60N4O8/c1-5-13-30(40(53)38(52)24-32(44(56)57)22-28-14-8-6-9-15-28)23-37(51)39-33-19-12-18-31(33)27-49(39)43(55)41(45(2,3)4)48-42(54)34(29-16-10-7-11-17-29)25-36(50)35-26-46-20-21-47-35/h6,8-9,14-15,20-21,26,29-34,39,41H,5,7,10-13,16-19,22-25,27H2,1-4H3,(H,48,54)(H,56,57)/t30?,31-,32+,33-,34+,39-,41+/m0/s1. The largest absolute Gasteiger partial charge is 0.481 e. The number of carbonyl (C=O) groups is 7. The number of rotatable bonds is 19. The van der Waals surface area contributed by atoms with Crippen molar-refractivity contribution in [3.63, 3.8) is 0 Å². The van der Waals surface area contributed by atoms with E-state index >= 15 is 0 Å². The van der Waals surface area contributed by atoms with Crippen molar-refractivity contribution in [1.29, 1.82) is 0 Å². The number of aliphatic carboxylic acids is 1. The van der Waals surface area contributed by atoms with Crippen molar-refractivity contribution in [2.75, 3.05) is 6.54 Å². The molecule has 2 amide bonds. The number of benzene rings is 1. The first-order chi connectivity index (χ1) is 27.2. The lowest BCUT2D eigenvalue weighted by Crippen LogP contribution is -2.58. The summed E-state index contributed by atoms with van der Waals surface area (Å²) in [6.45, 7) is 7.82. The van der Waals surface area contributed by atoms with Gasteiger partial charge in [-0.05, 0) is 67.3 Å². The lowest BCUT2D eigenvalue weighted by atomic mass is 9.76. The summed E-state index contributed by atoms with van der Waals surface area (Å²) in [6, 6.07) is 7.13. The van der Waals surface area contributed by atoms with Crippen LogP contribution in [0.4, 0.5) is 0 Å². The third-order valence-corrected chi connectivity index (χ3v) is 12.5. The molecule has 308 valence electrons. The van der Waals surface area contributed by atoms with Crippen molar-refractivity contribution < 1.29 is 38.7 Å². The second kappa shape index (κ2) is 19.7. The van der Waals surface area contributed by atoms with E-state index in [0.29, 0.717) is 13.0 Å². The minimum Gasteiger partial charge on any atom is -0.481 e. The van der Waals surface area contributed by atoms with Crippen LogP contribution >= 0.6 is 0 Å². The molecule has 2 N–H and O–H groups in total. The lowest BCUT2D eigenvalue weighted by molar-refractivity contribution is -0.147. The minimum absolute atomic E-state index is 0.0320. The quantitative estimate of drug-likeness (QED) is 0.122. The summed E-state index contributed by atoms with van der Waals surface area (Å²) in [6.07, 6.45) is 11.6. The number of aromatic nitrogens is 2. The van der Waals surface area contributed by atoms with Gasteiger partial charge in [0.25, 0.3) is 0 Å². The SMILES string of the molecule is CCCC(CC(=O)[C@@H]1[C@H]2CCC[C@H]2CN1C(=O)[C@@H](NC(=O)[C@H](CC(=O)c1cnccn1)C1CCCCC1)C(C)(C)C)C(=O)C(=O)C[C@@H](Cc1ccccc1)C(=O)O. The Morgan fingerprint density at radius 1 is 0.877 bits per heavy atom. The van der Waals surface area contributed by atoms with Gasteiger partial charge in [0.1, 0.15) is 11.7 Å². The second-order valence-electron chi connectivity index (χ2n) is 17.7. The molecule has 0 spiro atoms. The summed E-state index contributed by atoms with van der Waals surface area (Å²) < 4.78 is 0. The van der Waals surface area contributed by atoms with E-state index in [1.165, 1.54) is 18.6 Å². The first-order valence-electron chi connectivity index (χ1n) is 21.0. The Labute approximate surface area is 336 Å². The van der Waals surface area contributed by atoms with Crippen LogP contribution in [0.25, 0.3) is 0 Å². The Morgan fingerprint density at radius 3 is 2.23 bits per heavy atom. The molecule has 1 aromatic carbocycles. The molecular formula is C45H60N4O8. The fourth-order valence-electron chi connectivity index (χ4n) is 9.50. The van der Waals surface area contributed by atoms with E-state index in [9.17, 15) is 38.7 Å². The predicted molar refractivity (Wildman–Crippen MR) is 213 cm³/mol. The van der Waals surface area contributed by atoms with Crippen LogP contribution in [0.15, 0.2) is 48.9 Å². The number of hydrogen-bond acceptors (Lipinski definition) is 9. The smallest absolute Gasteiger partial charge is 0.307 e. The fraction of sp³-hybridized carbons (Fsp3) is 0.622. The third-order valence-electron chi connectivity index (χ3n) is 12.5. The van der Waals surface area contributed by atoms with Crippen LogP contribution in [0, 0.1) is 40.9 Å². The molecule has 2 saturated carbocycles. The van der Waals surface area contributed by atoms with Gasteiger partial charge in [-0.1, -0.05) is 90.1 Å². The van der Waals surface area contributed by atoms with E-state index in [4.69, 9.17) is 0 Å². The van der Waals surface area contributed by atoms with Crippen molar-refractivity contribution in [3.8, 4) is 0 Å². The second-order valence-corrected chi connectivity index (χ2v) is 17.7. The number of Topliss-reactive ketones (excluding diaryl/α,β-unsaturated/α-hetero) is 4. The molecule has 3 aliphatic rings. The van der Waals surface area contributed by atoms with E-state index in [0.717, 1.165) is 56.9 Å². The molecule has 1 aromatic heterocycles. The Morgan fingerprint density at radius 2 is 1.60 bits per heavy atom. The molecule has 1 aliphatic heterocycles. The summed E-state index contributed by atoms with van der Waals surface area (Å²) in [4.78, 5) is 106. The average Bonchev–Trinajstić information content (AvgIpc) is 3.80. The lowest BCUT2D eigenvalue weighted by Gasteiger charge is -2.38. The summed E-state index contributed by atoms with van der Waals surface area (Å²) in [5.74, 6) is -6.75. The summed E-state index contributed by atoms with van der Waals surface area (Å²) in [5.41, 5.74) is 0.180. The zero-order valence-corrected chi connectivity index (χ0v) is 34.0. The van der Waals surface area contributed by atoms with Crippen molar-refractivity contribution >= 4 is 40.9 Å². The van der Waals surface area contributed by atoms with Gasteiger partial charge in [-0.2, -0.15) is 0 Å². The minimum atomic E-state index is -1.17. The summed E-state index contributed by atoms with van der Waals surface area (Å²) in [5, 5.41) is 13.0. The molecule has 2 heterocycles. The number of carboxylic acid groups (broad SMARTS) is 1. The number of nitrogens with one attached hydrogen (secondary N) is 1. The van der Waals surface area contributed by atoms with Gasteiger partial charge in [0.15, 0.2) is 17.3 Å². The van der Waals surface area contributed by atoms with Gasteiger partial charge in [-0.25, -0.2) is 4.98 Å². The number of hydrogen-bond donors (Lipinski definition) is 2. The monoisotopic (exact) mass is 784 g/mol. The number of amides is 2. The van der Waals surface area contributed by atoms with Crippen molar-refractivity contribution in [2.24, 2.45) is 40.9 Å². The van der Waals surface area contributed by atoms with Crippen LogP contribution in [-0.4, -0.2) is 79.5 Å². The maximum atomic E-state index is 14.8. The van der Waals surface area contributed by atoms with Gasteiger partial charge in [0.2, 0.25) is 17.6 Å². The molecule has 2 aliphatic carbocycles. The molecule has 1 unspecified atom stereocenters. The first kappa shape index (κ1) is 43.5. The van der Waals surface area contributed by atoms with Crippen molar-refractivity contribution in [1.82, 2.24) is 20.2 Å². The zero-order valence-electron chi connectivity index (χ0n) is 34.0. The number of nitrogens with zero attached hydrogens (tertiary/aromatic N) is 3. The Balaban J connectivity index is 1.34. The molecule has 2 aromatic rings. The van der Waals surface area contributed by atoms with Gasteiger partial charge in [-0.3, -0.25) is 38.5 Å². The molecule has 3 fully saturated rings. The number of fused-ring (bicyclic) bond motifs is 1. The van der Waals surface area contributed by atoms with E-state index in [1.54, 1.807) is 29.2 Å². The molecular weight excluding hydrogens is 725 g/mol. The average molecular weight is 785 g/mol. The Bertz CT molecular complexity index is 1750. The molecule has 0 bridgehead atoms. The van der Waals surface area contributed by atoms with Gasteiger partial charge in [-0.15, -0.1) is 0 Å². The first-order valence-corrected chi connectivity index (χ1v) is 21.0. The van der Waals surface area contributed by atoms with E-state index < -0.39 is 59.2 Å². The molecule has 5 rings (SSSR count). The van der Waals surface area contributed by atoms with Gasteiger partial charge < -0.3 is 15.3 Å². The maximum Gasteiger partial charge on any atom is 0.307 e. The van der Waals surface area contributed by atoms with Crippen LogP contribution in [0.5, 0.6) is 0 Å². The van der Waals surface area contributed by atoms with Gasteiger partial charge in [0, 0.05) is 50.0 Å². The molecule has 12 nitrogen and oxygen atoms in total. The molecule has 1 saturated heterocycles. The zero-order chi connectivity index (χ0) is 41.3. The van der Waals surface area contributed by atoms with E-state index in [-0.39, 0.29) is 72.5 Å². The van der Waals surface area contributed by atoms with E-state index in [2.05, 4.69) is 15.3 Å². The maximum absolute atomic E-state index is 14.8. The topological polar surface area (TPSA) is 181 Å². The third kappa shape index (κ3) is 11.1. The van der Waals surface area contributed by atoms with Gasteiger partial charge in [0.05, 0.1) is 18.2 Å². The highest BCUT2D eigenvalue weighted by molar-refractivity contribution is 6.38. The van der Waals surface area contributed by atoms with Crippen LogP contribution < -0.4 is 5.32 Å². The highest BCUT2D eigenvalue weighted by Crippen LogP contribution is 2.44. The Kier molecular flexibility index (Phi) is 15.0. The van der Waals surface area contributed by atoms with E-state index in [1.807, 2.05) is 33.8 Å². The highest BCUT2D eigenvalue weighted by atomic mass is 16.4. The van der Waals surface area contributed by atoms with Gasteiger partial charge >= 0.3 is 5.97 Å². The van der Waals surface area contributed by atoms with Crippen molar-refractivity contribution in [2.45, 2.75) is 130 Å². The number of likely N-dealkylation sites (tertiary alicyclic amines) is 1.